The van der Waals surface area contributed by atoms with Gasteiger partial charge in [0.1, 0.15) is 11.6 Å². The maximum Gasteiger partial charge on any atom is 0.192 e. The summed E-state index contributed by atoms with van der Waals surface area (Å²) in [7, 11) is 1.93. The van der Waals surface area contributed by atoms with E-state index in [1.807, 2.05) is 42.8 Å². The molecule has 29 heavy (non-hydrogen) atoms. The second kappa shape index (κ2) is 9.32. The van der Waals surface area contributed by atoms with Crippen molar-refractivity contribution in [2.24, 2.45) is 12.0 Å². The first-order valence-corrected chi connectivity index (χ1v) is 9.63. The van der Waals surface area contributed by atoms with Crippen LogP contribution in [0.25, 0.3) is 0 Å². The van der Waals surface area contributed by atoms with Crippen LogP contribution in [0.5, 0.6) is 0 Å². The van der Waals surface area contributed by atoms with Crippen molar-refractivity contribution >= 4 is 5.96 Å². The number of aromatic nitrogens is 3. The highest BCUT2D eigenvalue weighted by Gasteiger charge is 2.10. The molecule has 1 atom stereocenters. The minimum Gasteiger partial charge on any atom is -0.350 e. The molecule has 0 aliphatic rings. The molecule has 2 N–H and O–H groups in total. The molecular weight excluding hydrogens is 367 g/mol. The lowest BCUT2D eigenvalue weighted by molar-refractivity contribution is 0.617. The highest BCUT2D eigenvalue weighted by atomic mass is 19.1. The van der Waals surface area contributed by atoms with Gasteiger partial charge >= 0.3 is 0 Å². The molecule has 3 aromatic rings. The average Bonchev–Trinajstić information content (AvgIpc) is 3.05. The summed E-state index contributed by atoms with van der Waals surface area (Å²) in [5, 5.41) is 15.0. The van der Waals surface area contributed by atoms with Crippen molar-refractivity contribution in [1.82, 2.24) is 25.4 Å². The molecule has 1 unspecified atom stereocenters. The summed E-state index contributed by atoms with van der Waals surface area (Å²) in [4.78, 5) is 4.70. The molecule has 0 bridgehead atoms. The fourth-order valence-corrected chi connectivity index (χ4v) is 2.93. The Hall–Kier alpha value is -3.22. The Balaban J connectivity index is 1.75. The summed E-state index contributed by atoms with van der Waals surface area (Å²) >= 11 is 0. The topological polar surface area (TPSA) is 67.1 Å². The minimum atomic E-state index is -0.204. The van der Waals surface area contributed by atoms with Gasteiger partial charge < -0.3 is 15.2 Å². The molecular formula is C22H27FN6. The molecule has 0 spiro atoms. The molecule has 0 saturated carbocycles. The van der Waals surface area contributed by atoms with Gasteiger partial charge in [-0.15, -0.1) is 10.2 Å². The maximum absolute atomic E-state index is 13.5. The van der Waals surface area contributed by atoms with Crippen molar-refractivity contribution in [2.45, 2.75) is 39.9 Å². The van der Waals surface area contributed by atoms with Crippen LogP contribution in [-0.4, -0.2) is 20.7 Å². The van der Waals surface area contributed by atoms with Crippen LogP contribution in [0, 0.1) is 19.7 Å². The largest absolute Gasteiger partial charge is 0.350 e. The number of halogens is 1. The molecule has 7 heteroatoms. The van der Waals surface area contributed by atoms with Crippen LogP contribution in [0.1, 0.15) is 41.3 Å². The predicted octanol–water partition coefficient (Wildman–Crippen LogP) is 3.57. The van der Waals surface area contributed by atoms with Gasteiger partial charge in [0.2, 0.25) is 0 Å². The van der Waals surface area contributed by atoms with E-state index in [1.54, 1.807) is 13.0 Å². The van der Waals surface area contributed by atoms with Gasteiger partial charge in [-0.05, 0) is 43.5 Å². The van der Waals surface area contributed by atoms with Crippen molar-refractivity contribution in [3.05, 3.63) is 82.7 Å². The van der Waals surface area contributed by atoms with Crippen LogP contribution < -0.4 is 10.6 Å². The van der Waals surface area contributed by atoms with Crippen molar-refractivity contribution in [2.75, 3.05) is 0 Å². The smallest absolute Gasteiger partial charge is 0.192 e. The van der Waals surface area contributed by atoms with E-state index in [1.165, 1.54) is 6.07 Å². The maximum atomic E-state index is 13.5. The van der Waals surface area contributed by atoms with Crippen LogP contribution >= 0.6 is 0 Å². The number of hydrogen-bond donors (Lipinski definition) is 2. The number of nitrogens with zero attached hydrogens (tertiary/aromatic N) is 4. The van der Waals surface area contributed by atoms with Crippen LogP contribution in [0.2, 0.25) is 0 Å². The van der Waals surface area contributed by atoms with Crippen LogP contribution in [0.4, 0.5) is 4.39 Å². The average molecular weight is 394 g/mol. The summed E-state index contributed by atoms with van der Waals surface area (Å²) < 4.78 is 15.5. The van der Waals surface area contributed by atoms with E-state index < -0.39 is 0 Å². The lowest BCUT2D eigenvalue weighted by atomic mass is 10.1. The first kappa shape index (κ1) is 20.5. The Kier molecular flexibility index (Phi) is 6.59. The lowest BCUT2D eigenvalue weighted by Gasteiger charge is -2.19. The third kappa shape index (κ3) is 5.40. The normalized spacial score (nSPS) is 12.7. The Bertz CT molecular complexity index is 980. The monoisotopic (exact) mass is 394 g/mol. The van der Waals surface area contributed by atoms with E-state index in [4.69, 9.17) is 4.99 Å². The summed E-state index contributed by atoms with van der Waals surface area (Å²) in [5.41, 5.74) is 2.73. The predicted molar refractivity (Wildman–Crippen MR) is 113 cm³/mol. The second-order valence-electron chi connectivity index (χ2n) is 7.10. The van der Waals surface area contributed by atoms with Crippen LogP contribution in [0.3, 0.4) is 0 Å². The Labute approximate surface area is 170 Å². The Morgan fingerprint density at radius 1 is 1.14 bits per heavy atom. The zero-order chi connectivity index (χ0) is 20.8. The molecule has 1 aromatic heterocycles. The van der Waals surface area contributed by atoms with Gasteiger partial charge in [-0.1, -0.05) is 42.5 Å². The van der Waals surface area contributed by atoms with E-state index in [9.17, 15) is 4.39 Å². The summed E-state index contributed by atoms with van der Waals surface area (Å²) in [5.74, 6) is 2.13. The van der Waals surface area contributed by atoms with E-state index in [2.05, 4.69) is 39.9 Å². The highest BCUT2D eigenvalue weighted by molar-refractivity contribution is 5.80. The quantitative estimate of drug-likeness (QED) is 0.495. The SMILES string of the molecule is Cc1cc(CN=C(NCc2nnc(C)n2C)NC(C)c2ccccc2)ccc1F. The van der Waals surface area contributed by atoms with Crippen molar-refractivity contribution < 1.29 is 4.39 Å². The van der Waals surface area contributed by atoms with E-state index in [0.29, 0.717) is 24.6 Å². The molecule has 0 radical (unpaired) electrons. The Morgan fingerprint density at radius 3 is 2.55 bits per heavy atom. The number of aliphatic imine (C=N–C) groups is 1. The van der Waals surface area contributed by atoms with Gasteiger partial charge in [-0.3, -0.25) is 0 Å². The number of guanidine groups is 1. The molecule has 1 heterocycles. The minimum absolute atomic E-state index is 0.0682. The number of hydrogen-bond acceptors (Lipinski definition) is 3. The van der Waals surface area contributed by atoms with Crippen LogP contribution in [0.15, 0.2) is 53.5 Å². The van der Waals surface area contributed by atoms with E-state index in [0.717, 1.165) is 22.8 Å². The third-order valence-electron chi connectivity index (χ3n) is 4.89. The van der Waals surface area contributed by atoms with Gasteiger partial charge in [0.25, 0.3) is 0 Å². The first-order valence-electron chi connectivity index (χ1n) is 9.63. The second-order valence-corrected chi connectivity index (χ2v) is 7.10. The molecule has 3 rings (SSSR count). The number of benzene rings is 2. The fourth-order valence-electron chi connectivity index (χ4n) is 2.93. The van der Waals surface area contributed by atoms with Gasteiger partial charge in [0, 0.05) is 7.05 Å². The van der Waals surface area contributed by atoms with Crippen LogP contribution in [-0.2, 0) is 20.1 Å². The van der Waals surface area contributed by atoms with Gasteiger partial charge in [-0.2, -0.15) is 0 Å². The molecule has 152 valence electrons. The van der Waals surface area contributed by atoms with E-state index in [-0.39, 0.29) is 11.9 Å². The molecule has 0 fully saturated rings. The summed E-state index contributed by atoms with van der Waals surface area (Å²) in [6.07, 6.45) is 0. The Morgan fingerprint density at radius 2 is 1.90 bits per heavy atom. The lowest BCUT2D eigenvalue weighted by Crippen LogP contribution is -2.39. The first-order chi connectivity index (χ1) is 13.9. The molecule has 0 aliphatic heterocycles. The molecule has 6 nitrogen and oxygen atoms in total. The standard InChI is InChI=1S/C22H27FN6/c1-15-12-18(10-11-20(15)23)13-24-22(25-14-21-28-27-17(3)29(21)4)26-16(2)19-8-6-5-7-9-19/h5-12,16H,13-14H2,1-4H3,(H2,24,25,26). The number of nitrogens with one attached hydrogen (secondary N) is 2. The molecule has 2 aromatic carbocycles. The third-order valence-corrected chi connectivity index (χ3v) is 4.89. The summed E-state index contributed by atoms with van der Waals surface area (Å²) in [6, 6.07) is 15.3. The van der Waals surface area contributed by atoms with Crippen molar-refractivity contribution in [1.29, 1.82) is 0 Å². The molecule has 0 amide bonds. The van der Waals surface area contributed by atoms with Gasteiger partial charge in [0.15, 0.2) is 11.8 Å². The zero-order valence-corrected chi connectivity index (χ0v) is 17.3. The zero-order valence-electron chi connectivity index (χ0n) is 17.3. The van der Waals surface area contributed by atoms with Crippen molar-refractivity contribution in [3.8, 4) is 0 Å². The fraction of sp³-hybridized carbons (Fsp3) is 0.318. The number of aryl methyl sites for hydroxylation is 2. The van der Waals surface area contributed by atoms with Gasteiger partial charge in [0.05, 0.1) is 19.1 Å². The van der Waals surface area contributed by atoms with Gasteiger partial charge in [-0.25, -0.2) is 9.38 Å². The number of rotatable bonds is 6. The summed E-state index contributed by atoms with van der Waals surface area (Å²) in [6.45, 7) is 6.69. The highest BCUT2D eigenvalue weighted by Crippen LogP contribution is 2.12. The van der Waals surface area contributed by atoms with E-state index >= 15 is 0 Å². The van der Waals surface area contributed by atoms with Crippen molar-refractivity contribution in [3.63, 3.8) is 0 Å². The molecule has 0 saturated heterocycles. The molecule has 0 aliphatic carbocycles.